The van der Waals surface area contributed by atoms with Gasteiger partial charge in [0.15, 0.2) is 0 Å². The molecule has 6 heteroatoms. The molecular weight excluding hydrogens is 329 g/mol. The first-order valence-corrected chi connectivity index (χ1v) is 6.41. The average Bonchev–Trinajstić information content (AvgIpc) is 2.25. The van der Waals surface area contributed by atoms with Crippen LogP contribution in [0.15, 0.2) is 0 Å². The first kappa shape index (κ1) is 13.5. The van der Waals surface area contributed by atoms with Crippen LogP contribution >= 0.6 is 35.6 Å². The second kappa shape index (κ2) is 7.70. The van der Waals surface area contributed by atoms with E-state index < -0.39 is 0 Å². The van der Waals surface area contributed by atoms with E-state index in [2.05, 4.69) is 12.6 Å². The van der Waals surface area contributed by atoms with Crippen molar-refractivity contribution in [2.45, 2.75) is 18.1 Å². The van der Waals surface area contributed by atoms with Gasteiger partial charge in [-0.1, -0.05) is 0 Å². The van der Waals surface area contributed by atoms with Crippen molar-refractivity contribution in [1.82, 2.24) is 4.90 Å². The topological polar surface area (TPSA) is 38.8 Å². The number of rotatable bonds is 5. The average molecular weight is 345 g/mol. The summed E-state index contributed by atoms with van der Waals surface area (Å²) in [7, 11) is 0. The monoisotopic (exact) mass is 345 g/mol. The molecule has 0 aliphatic carbocycles. The SMILES string of the molecule is O=C(COCCOI)N1CCC(S)CC1. The number of carbonyl (C=O) groups excluding carboxylic acids is 1. The molecule has 15 heavy (non-hydrogen) atoms. The molecule has 1 amide bonds. The molecule has 0 spiro atoms. The number of thiol groups is 1. The minimum absolute atomic E-state index is 0.0729. The summed E-state index contributed by atoms with van der Waals surface area (Å²) < 4.78 is 9.97. The van der Waals surface area contributed by atoms with E-state index in [1.807, 2.05) is 4.90 Å². The van der Waals surface area contributed by atoms with Gasteiger partial charge in [0.1, 0.15) is 29.6 Å². The molecule has 0 aromatic carbocycles. The Kier molecular flexibility index (Phi) is 6.94. The Hall–Kier alpha value is 0.470. The molecule has 1 aliphatic heterocycles. The molecule has 0 atom stereocenters. The fourth-order valence-electron chi connectivity index (χ4n) is 1.46. The van der Waals surface area contributed by atoms with Crippen LogP contribution in [0.2, 0.25) is 0 Å². The van der Waals surface area contributed by atoms with Gasteiger partial charge in [-0.25, -0.2) is 0 Å². The minimum Gasteiger partial charge on any atom is -0.369 e. The fraction of sp³-hybridized carbons (Fsp3) is 0.889. The lowest BCUT2D eigenvalue weighted by molar-refractivity contribution is -0.137. The van der Waals surface area contributed by atoms with Crippen molar-refractivity contribution < 1.29 is 12.6 Å². The second-order valence-corrected chi connectivity index (χ2v) is 4.83. The largest absolute Gasteiger partial charge is 0.369 e. The molecule has 1 heterocycles. The molecule has 0 aromatic heterocycles. The van der Waals surface area contributed by atoms with Gasteiger partial charge in [-0.15, -0.1) is 0 Å². The zero-order valence-electron chi connectivity index (χ0n) is 8.52. The van der Waals surface area contributed by atoms with E-state index in [0.717, 1.165) is 25.9 Å². The van der Waals surface area contributed by atoms with Gasteiger partial charge >= 0.3 is 0 Å². The molecule has 0 unspecified atom stereocenters. The predicted octanol–water partition coefficient (Wildman–Crippen LogP) is 1.29. The second-order valence-electron chi connectivity index (χ2n) is 3.48. The summed E-state index contributed by atoms with van der Waals surface area (Å²) in [6, 6.07) is 0. The molecular formula is C9H16INO3S. The van der Waals surface area contributed by atoms with Gasteiger partial charge in [0.25, 0.3) is 0 Å². The van der Waals surface area contributed by atoms with Crippen LogP contribution in [0.25, 0.3) is 0 Å². The zero-order valence-corrected chi connectivity index (χ0v) is 11.6. The quantitative estimate of drug-likeness (QED) is 0.464. The van der Waals surface area contributed by atoms with Crippen LogP contribution in [0.1, 0.15) is 12.8 Å². The van der Waals surface area contributed by atoms with Crippen molar-refractivity contribution in [3.05, 3.63) is 0 Å². The minimum atomic E-state index is 0.0729. The molecule has 0 saturated carbocycles. The van der Waals surface area contributed by atoms with Crippen LogP contribution in [0, 0.1) is 0 Å². The Morgan fingerprint density at radius 3 is 2.67 bits per heavy atom. The highest BCUT2D eigenvalue weighted by molar-refractivity contribution is 14.1. The molecule has 1 fully saturated rings. The van der Waals surface area contributed by atoms with Crippen molar-refractivity contribution in [1.29, 1.82) is 0 Å². The van der Waals surface area contributed by atoms with E-state index >= 15 is 0 Å². The van der Waals surface area contributed by atoms with E-state index in [4.69, 9.17) is 7.80 Å². The van der Waals surface area contributed by atoms with Gasteiger partial charge < -0.3 is 12.7 Å². The molecule has 0 bridgehead atoms. The fourth-order valence-corrected chi connectivity index (χ4v) is 1.87. The van der Waals surface area contributed by atoms with Gasteiger partial charge in [-0.05, 0) is 12.8 Å². The van der Waals surface area contributed by atoms with Crippen LogP contribution < -0.4 is 0 Å². The lowest BCUT2D eigenvalue weighted by Crippen LogP contribution is -2.40. The van der Waals surface area contributed by atoms with Gasteiger partial charge in [0.05, 0.1) is 13.2 Å². The van der Waals surface area contributed by atoms with Gasteiger partial charge in [-0.3, -0.25) is 4.79 Å². The van der Waals surface area contributed by atoms with Crippen molar-refractivity contribution >= 4 is 41.5 Å². The normalized spacial score (nSPS) is 18.1. The van der Waals surface area contributed by atoms with E-state index in [1.54, 1.807) is 23.0 Å². The van der Waals surface area contributed by atoms with Crippen molar-refractivity contribution in [3.63, 3.8) is 0 Å². The summed E-state index contributed by atoms with van der Waals surface area (Å²) >= 11 is 6.19. The first-order valence-electron chi connectivity index (χ1n) is 5.01. The van der Waals surface area contributed by atoms with Crippen LogP contribution in [0.5, 0.6) is 0 Å². The number of hydrogen-bond donors (Lipinski definition) is 1. The lowest BCUT2D eigenvalue weighted by Gasteiger charge is -2.29. The van der Waals surface area contributed by atoms with E-state index in [9.17, 15) is 4.79 Å². The summed E-state index contributed by atoms with van der Waals surface area (Å²) in [5.41, 5.74) is 0. The van der Waals surface area contributed by atoms with Crippen molar-refractivity contribution in [2.24, 2.45) is 0 Å². The Balaban J connectivity index is 2.11. The molecule has 1 aliphatic rings. The summed E-state index contributed by atoms with van der Waals surface area (Å²) in [6.45, 7) is 2.76. The summed E-state index contributed by atoms with van der Waals surface area (Å²) in [5, 5.41) is 0.447. The third kappa shape index (κ3) is 5.37. The summed E-state index contributed by atoms with van der Waals surface area (Å²) in [6.07, 6.45) is 1.96. The number of piperidine rings is 1. The summed E-state index contributed by atoms with van der Waals surface area (Å²) in [5.74, 6) is 0.0729. The smallest absolute Gasteiger partial charge is 0.248 e. The van der Waals surface area contributed by atoms with E-state index in [0.29, 0.717) is 18.5 Å². The summed E-state index contributed by atoms with van der Waals surface area (Å²) in [4.78, 5) is 13.4. The maximum atomic E-state index is 11.6. The van der Waals surface area contributed by atoms with Crippen molar-refractivity contribution in [2.75, 3.05) is 32.9 Å². The van der Waals surface area contributed by atoms with E-state index in [1.165, 1.54) is 0 Å². The molecule has 4 nitrogen and oxygen atoms in total. The molecule has 0 N–H and O–H groups in total. The van der Waals surface area contributed by atoms with Gasteiger partial charge in [0.2, 0.25) is 5.91 Å². The number of ether oxygens (including phenoxy) is 1. The Morgan fingerprint density at radius 2 is 2.07 bits per heavy atom. The number of hydrogen-bond acceptors (Lipinski definition) is 4. The highest BCUT2D eigenvalue weighted by Gasteiger charge is 2.20. The Bertz CT molecular complexity index is 198. The van der Waals surface area contributed by atoms with Crippen LogP contribution in [-0.4, -0.2) is 49.0 Å². The Labute approximate surface area is 110 Å². The predicted molar refractivity (Wildman–Crippen MR) is 69.4 cm³/mol. The van der Waals surface area contributed by atoms with Crippen LogP contribution in [0.3, 0.4) is 0 Å². The highest BCUT2D eigenvalue weighted by atomic mass is 127. The Morgan fingerprint density at radius 1 is 1.40 bits per heavy atom. The number of likely N-dealkylation sites (tertiary alicyclic amines) is 1. The van der Waals surface area contributed by atoms with Crippen LogP contribution in [-0.2, 0) is 12.6 Å². The first-order chi connectivity index (χ1) is 7.24. The highest BCUT2D eigenvalue weighted by Crippen LogP contribution is 2.14. The lowest BCUT2D eigenvalue weighted by atomic mass is 10.1. The third-order valence-electron chi connectivity index (χ3n) is 2.35. The number of nitrogens with zero attached hydrogens (tertiary/aromatic N) is 1. The molecule has 1 rings (SSSR count). The molecule has 1 saturated heterocycles. The number of halogens is 1. The molecule has 0 radical (unpaired) electrons. The maximum absolute atomic E-state index is 11.6. The zero-order chi connectivity index (χ0) is 11.1. The number of amides is 1. The van der Waals surface area contributed by atoms with Gasteiger partial charge in [0, 0.05) is 18.3 Å². The third-order valence-corrected chi connectivity index (χ3v) is 3.30. The van der Waals surface area contributed by atoms with E-state index in [-0.39, 0.29) is 12.5 Å². The van der Waals surface area contributed by atoms with Crippen LogP contribution in [0.4, 0.5) is 0 Å². The maximum Gasteiger partial charge on any atom is 0.248 e. The number of carbonyl (C=O) groups is 1. The standard InChI is InChI=1S/C9H16INO3S/c10-14-6-5-13-7-9(12)11-3-1-8(15)2-4-11/h8,15H,1-7H2. The molecule has 88 valence electrons. The van der Waals surface area contributed by atoms with Gasteiger partial charge in [-0.2, -0.15) is 12.6 Å². The molecule has 0 aromatic rings. The van der Waals surface area contributed by atoms with Crippen molar-refractivity contribution in [3.8, 4) is 0 Å².